The Morgan fingerprint density at radius 1 is 1.13 bits per heavy atom. The highest BCUT2D eigenvalue weighted by Gasteiger charge is 2.33. The van der Waals surface area contributed by atoms with Crippen molar-refractivity contribution in [3.63, 3.8) is 0 Å². The minimum absolute atomic E-state index is 0.102. The summed E-state index contributed by atoms with van der Waals surface area (Å²) >= 11 is 0. The first-order valence-electron chi connectivity index (χ1n) is 7.36. The van der Waals surface area contributed by atoms with Gasteiger partial charge in [-0.15, -0.1) is 0 Å². The number of methoxy groups -OCH3 is 2. The fraction of sp³-hybridized carbons (Fsp3) is 0.353. The van der Waals surface area contributed by atoms with Gasteiger partial charge in [0.05, 0.1) is 36.6 Å². The van der Waals surface area contributed by atoms with Gasteiger partial charge < -0.3 is 14.7 Å². The van der Waals surface area contributed by atoms with Gasteiger partial charge in [0.15, 0.2) is 11.6 Å². The fourth-order valence-electron chi connectivity index (χ4n) is 2.58. The summed E-state index contributed by atoms with van der Waals surface area (Å²) in [6.07, 6.45) is 3.25. The van der Waals surface area contributed by atoms with E-state index in [2.05, 4.69) is 5.16 Å². The van der Waals surface area contributed by atoms with Gasteiger partial charge in [-0.25, -0.2) is 0 Å². The van der Waals surface area contributed by atoms with E-state index < -0.39 is 5.78 Å². The van der Waals surface area contributed by atoms with E-state index >= 15 is 0 Å². The Hall–Kier alpha value is -2.63. The Bertz CT molecular complexity index is 703. The second kappa shape index (κ2) is 7.09. The first-order chi connectivity index (χ1) is 11.1. The van der Waals surface area contributed by atoms with E-state index in [1.807, 2.05) is 6.92 Å². The van der Waals surface area contributed by atoms with Gasteiger partial charge in [0.25, 0.3) is 0 Å². The normalized spacial score (nSPS) is 14.4. The van der Waals surface area contributed by atoms with Gasteiger partial charge in [-0.1, -0.05) is 18.5 Å². The lowest BCUT2D eigenvalue weighted by Crippen LogP contribution is -2.23. The molecular formula is C17H19NO5. The quantitative estimate of drug-likeness (QED) is 0.495. The number of unbranched alkanes of at least 4 members (excludes halogenated alkanes) is 1. The third-order valence-corrected chi connectivity index (χ3v) is 3.76. The molecule has 0 heterocycles. The van der Waals surface area contributed by atoms with Gasteiger partial charge in [-0.05, 0) is 31.1 Å². The molecule has 2 rings (SSSR count). The number of Topliss-reactive ketones (excluding diaryl/α,β-unsaturated/α-hetero) is 1. The molecule has 0 bridgehead atoms. The van der Waals surface area contributed by atoms with E-state index in [4.69, 9.17) is 9.47 Å². The summed E-state index contributed by atoms with van der Waals surface area (Å²) in [5.74, 6) is -0.176. The molecule has 0 fully saturated rings. The summed E-state index contributed by atoms with van der Waals surface area (Å²) in [5, 5.41) is 12.4. The molecule has 0 amide bonds. The summed E-state index contributed by atoms with van der Waals surface area (Å²) in [4.78, 5) is 25.3. The Kier molecular flexibility index (Phi) is 5.16. The maximum Gasteiger partial charge on any atom is 0.199 e. The van der Waals surface area contributed by atoms with Crippen molar-refractivity contribution in [2.75, 3.05) is 14.2 Å². The van der Waals surface area contributed by atoms with E-state index in [0.717, 1.165) is 12.8 Å². The molecule has 0 atom stereocenters. The third kappa shape index (κ3) is 2.97. The van der Waals surface area contributed by atoms with Crippen LogP contribution < -0.4 is 9.47 Å². The molecule has 1 aliphatic rings. The summed E-state index contributed by atoms with van der Waals surface area (Å²) in [6, 6.07) is 3.16. The largest absolute Gasteiger partial charge is 0.496 e. The molecule has 1 aromatic rings. The van der Waals surface area contributed by atoms with Crippen molar-refractivity contribution in [2.24, 2.45) is 5.16 Å². The van der Waals surface area contributed by atoms with Crippen LogP contribution in [0.3, 0.4) is 0 Å². The van der Waals surface area contributed by atoms with Crippen molar-refractivity contribution >= 4 is 17.3 Å². The number of oxime groups is 1. The highest BCUT2D eigenvalue weighted by Crippen LogP contribution is 2.36. The first kappa shape index (κ1) is 16.7. The molecule has 0 aliphatic heterocycles. The van der Waals surface area contributed by atoms with Crippen molar-refractivity contribution < 1.29 is 24.3 Å². The predicted molar refractivity (Wildman–Crippen MR) is 85.0 cm³/mol. The zero-order chi connectivity index (χ0) is 17.0. The van der Waals surface area contributed by atoms with Crippen molar-refractivity contribution in [1.29, 1.82) is 0 Å². The number of benzene rings is 1. The molecule has 1 N–H and O–H groups in total. The predicted octanol–water partition coefficient (Wildman–Crippen LogP) is 3.03. The number of hydrogen-bond acceptors (Lipinski definition) is 6. The number of ether oxygens (including phenoxy) is 2. The second-order valence-corrected chi connectivity index (χ2v) is 5.12. The number of carbonyl (C=O) groups is 2. The minimum Gasteiger partial charge on any atom is -0.496 e. The van der Waals surface area contributed by atoms with E-state index in [1.54, 1.807) is 12.1 Å². The highest BCUT2D eigenvalue weighted by molar-refractivity contribution is 6.37. The SMILES string of the molecule is CCCC/C(=N/O)C1=CC(=O)c2c(OC)ccc(OC)c2C1=O. The Balaban J connectivity index is 2.58. The molecular weight excluding hydrogens is 298 g/mol. The Morgan fingerprint density at radius 3 is 2.26 bits per heavy atom. The van der Waals surface area contributed by atoms with E-state index in [1.165, 1.54) is 20.3 Å². The zero-order valence-corrected chi connectivity index (χ0v) is 13.4. The molecule has 0 saturated carbocycles. The molecule has 1 aromatic carbocycles. The number of nitrogens with zero attached hydrogens (tertiary/aromatic N) is 1. The first-order valence-corrected chi connectivity index (χ1v) is 7.36. The summed E-state index contributed by atoms with van der Waals surface area (Å²) in [6.45, 7) is 1.99. The minimum atomic E-state index is -0.403. The smallest absolute Gasteiger partial charge is 0.199 e. The lowest BCUT2D eigenvalue weighted by atomic mass is 9.85. The number of carbonyl (C=O) groups excluding carboxylic acids is 2. The third-order valence-electron chi connectivity index (χ3n) is 3.76. The molecule has 0 saturated heterocycles. The number of allylic oxidation sites excluding steroid dienone is 2. The molecule has 0 unspecified atom stereocenters. The van der Waals surface area contributed by atoms with Crippen LogP contribution in [0.5, 0.6) is 11.5 Å². The lowest BCUT2D eigenvalue weighted by Gasteiger charge is -2.20. The highest BCUT2D eigenvalue weighted by atomic mass is 16.5. The fourth-order valence-corrected chi connectivity index (χ4v) is 2.58. The van der Waals surface area contributed by atoms with Crippen molar-refractivity contribution in [2.45, 2.75) is 26.2 Å². The standard InChI is InChI=1S/C17H19NO5/c1-4-5-6-11(18-21)10-9-12(19)15-13(22-2)7-8-14(23-3)16(15)17(10)20/h7-9,21H,4-6H2,1-3H3/b18-11-. The molecule has 0 radical (unpaired) electrons. The number of rotatable bonds is 6. The summed E-state index contributed by atoms with van der Waals surface area (Å²) < 4.78 is 10.4. The Labute approximate surface area is 134 Å². The van der Waals surface area contributed by atoms with E-state index in [-0.39, 0.29) is 33.9 Å². The van der Waals surface area contributed by atoms with Crippen LogP contribution in [-0.4, -0.2) is 36.7 Å². The van der Waals surface area contributed by atoms with Crippen LogP contribution in [0.1, 0.15) is 46.9 Å². The van der Waals surface area contributed by atoms with Crippen LogP contribution in [0, 0.1) is 0 Å². The molecule has 6 nitrogen and oxygen atoms in total. The van der Waals surface area contributed by atoms with Gasteiger partial charge >= 0.3 is 0 Å². The molecule has 1 aliphatic carbocycles. The maximum absolute atomic E-state index is 12.8. The molecule has 23 heavy (non-hydrogen) atoms. The molecule has 6 heteroatoms. The van der Waals surface area contributed by atoms with Crippen molar-refractivity contribution in [1.82, 2.24) is 0 Å². The Morgan fingerprint density at radius 2 is 1.74 bits per heavy atom. The van der Waals surface area contributed by atoms with Gasteiger partial charge in [0.2, 0.25) is 0 Å². The van der Waals surface area contributed by atoms with Gasteiger partial charge in [-0.2, -0.15) is 0 Å². The zero-order valence-electron chi connectivity index (χ0n) is 13.4. The maximum atomic E-state index is 12.8. The number of hydrogen-bond donors (Lipinski definition) is 1. The summed E-state index contributed by atoms with van der Waals surface area (Å²) in [7, 11) is 2.86. The van der Waals surface area contributed by atoms with E-state index in [0.29, 0.717) is 12.2 Å². The average molecular weight is 317 g/mol. The lowest BCUT2D eigenvalue weighted by molar-refractivity contribution is 0.0983. The molecule has 0 spiro atoms. The van der Waals surface area contributed by atoms with Crippen LogP contribution in [0.4, 0.5) is 0 Å². The van der Waals surface area contributed by atoms with Crippen LogP contribution in [-0.2, 0) is 0 Å². The monoisotopic (exact) mass is 317 g/mol. The summed E-state index contributed by atoms with van der Waals surface area (Å²) in [5.41, 5.74) is 0.631. The van der Waals surface area contributed by atoms with Crippen LogP contribution >= 0.6 is 0 Å². The molecule has 122 valence electrons. The van der Waals surface area contributed by atoms with E-state index in [9.17, 15) is 14.8 Å². The van der Waals surface area contributed by atoms with Gasteiger partial charge in [0, 0.05) is 0 Å². The van der Waals surface area contributed by atoms with Crippen LogP contribution in [0.25, 0.3) is 0 Å². The number of ketones is 2. The van der Waals surface area contributed by atoms with Gasteiger partial charge in [-0.3, -0.25) is 9.59 Å². The van der Waals surface area contributed by atoms with Crippen molar-refractivity contribution in [3.05, 3.63) is 34.9 Å². The van der Waals surface area contributed by atoms with Crippen LogP contribution in [0.15, 0.2) is 28.9 Å². The topological polar surface area (TPSA) is 85.2 Å². The second-order valence-electron chi connectivity index (χ2n) is 5.12. The van der Waals surface area contributed by atoms with Crippen molar-refractivity contribution in [3.8, 4) is 11.5 Å². The average Bonchev–Trinajstić information content (AvgIpc) is 2.58. The molecule has 0 aromatic heterocycles. The van der Waals surface area contributed by atoms with Gasteiger partial charge in [0.1, 0.15) is 11.5 Å². The number of fused-ring (bicyclic) bond motifs is 1. The van der Waals surface area contributed by atoms with Crippen LogP contribution in [0.2, 0.25) is 0 Å².